The summed E-state index contributed by atoms with van der Waals surface area (Å²) >= 11 is 5.86. The number of allylic oxidation sites excluding steroid dienone is 2. The van der Waals surface area contributed by atoms with Gasteiger partial charge in [0.1, 0.15) is 19.0 Å². The third kappa shape index (κ3) is 3.19. The van der Waals surface area contributed by atoms with E-state index in [-0.39, 0.29) is 35.3 Å². The van der Waals surface area contributed by atoms with E-state index in [2.05, 4.69) is 0 Å². The summed E-state index contributed by atoms with van der Waals surface area (Å²) in [7, 11) is 0. The Balaban J connectivity index is 1.59. The van der Waals surface area contributed by atoms with Crippen LogP contribution in [0.2, 0.25) is 5.02 Å². The van der Waals surface area contributed by atoms with Gasteiger partial charge in [-0.15, -0.1) is 0 Å². The van der Waals surface area contributed by atoms with Crippen LogP contribution in [0.4, 0.5) is 4.39 Å². The van der Waals surface area contributed by atoms with Gasteiger partial charge >= 0.3 is 5.97 Å². The average molecular weight is 352 g/mol. The Morgan fingerprint density at radius 1 is 1.21 bits per heavy atom. The summed E-state index contributed by atoms with van der Waals surface area (Å²) in [6.45, 7) is -0.563. The predicted molar refractivity (Wildman–Crippen MR) is 83.3 cm³/mol. The van der Waals surface area contributed by atoms with Gasteiger partial charge in [0.2, 0.25) is 11.8 Å². The van der Waals surface area contributed by atoms with Crippen LogP contribution >= 0.6 is 11.6 Å². The number of imide groups is 1. The van der Waals surface area contributed by atoms with Crippen molar-refractivity contribution in [2.45, 2.75) is 19.4 Å². The molecule has 1 aromatic rings. The molecule has 7 heteroatoms. The molecular weight excluding hydrogens is 337 g/mol. The van der Waals surface area contributed by atoms with Gasteiger partial charge in [-0.25, -0.2) is 4.39 Å². The lowest BCUT2D eigenvalue weighted by Gasteiger charge is -2.14. The van der Waals surface area contributed by atoms with Gasteiger partial charge in [0.05, 0.1) is 16.9 Å². The molecule has 0 saturated carbocycles. The van der Waals surface area contributed by atoms with Crippen molar-refractivity contribution in [3.8, 4) is 0 Å². The second-order valence-corrected chi connectivity index (χ2v) is 6.22. The standard InChI is InChI=1S/C17H15ClFNO4/c18-14-7-11(19)6-5-10(14)9-24-15(21)8-20-16(22)12-3-1-2-4-13(12)17(20)23/h1-2,5-7,12-13H,3-4,8-9H2. The largest absolute Gasteiger partial charge is 0.459 e. The van der Waals surface area contributed by atoms with Gasteiger partial charge in [-0.2, -0.15) is 0 Å². The Morgan fingerprint density at radius 3 is 2.42 bits per heavy atom. The minimum absolute atomic E-state index is 0.146. The smallest absolute Gasteiger partial charge is 0.326 e. The molecule has 3 rings (SSSR count). The quantitative estimate of drug-likeness (QED) is 0.475. The number of likely N-dealkylation sites (tertiary alicyclic amines) is 1. The van der Waals surface area contributed by atoms with Crippen LogP contribution in [0.25, 0.3) is 0 Å². The predicted octanol–water partition coefficient (Wildman–Crippen LogP) is 2.47. The number of carbonyl (C=O) groups excluding carboxylic acids is 3. The molecule has 1 saturated heterocycles. The number of halogens is 2. The topological polar surface area (TPSA) is 63.7 Å². The van der Waals surface area contributed by atoms with Crippen LogP contribution in [0, 0.1) is 17.7 Å². The minimum Gasteiger partial charge on any atom is -0.459 e. The number of esters is 1. The molecule has 1 aromatic carbocycles. The highest BCUT2D eigenvalue weighted by atomic mass is 35.5. The molecule has 0 N–H and O–H groups in total. The van der Waals surface area contributed by atoms with E-state index in [0.29, 0.717) is 18.4 Å². The van der Waals surface area contributed by atoms with Crippen molar-refractivity contribution < 1.29 is 23.5 Å². The van der Waals surface area contributed by atoms with Crippen LogP contribution in [0.15, 0.2) is 30.4 Å². The first-order valence-electron chi connectivity index (χ1n) is 7.57. The van der Waals surface area contributed by atoms with Crippen molar-refractivity contribution in [2.24, 2.45) is 11.8 Å². The molecule has 1 fully saturated rings. The van der Waals surface area contributed by atoms with E-state index in [1.807, 2.05) is 12.2 Å². The van der Waals surface area contributed by atoms with E-state index in [0.717, 1.165) is 11.0 Å². The molecule has 1 aliphatic carbocycles. The van der Waals surface area contributed by atoms with Crippen molar-refractivity contribution >= 4 is 29.4 Å². The molecular formula is C17H15ClFNO4. The van der Waals surface area contributed by atoms with Crippen LogP contribution in [0.5, 0.6) is 0 Å². The summed E-state index contributed by atoms with van der Waals surface area (Å²) in [6.07, 6.45) is 4.80. The molecule has 5 nitrogen and oxygen atoms in total. The zero-order chi connectivity index (χ0) is 17.3. The number of nitrogens with zero attached hydrogens (tertiary/aromatic N) is 1. The van der Waals surface area contributed by atoms with E-state index < -0.39 is 18.3 Å². The fourth-order valence-electron chi connectivity index (χ4n) is 3.00. The van der Waals surface area contributed by atoms with Gasteiger partial charge in [0.25, 0.3) is 0 Å². The maximum absolute atomic E-state index is 13.0. The van der Waals surface area contributed by atoms with Gasteiger partial charge in [-0.3, -0.25) is 19.3 Å². The van der Waals surface area contributed by atoms with Crippen LogP contribution in [0.1, 0.15) is 18.4 Å². The van der Waals surface area contributed by atoms with E-state index in [4.69, 9.17) is 16.3 Å². The summed E-state index contributed by atoms with van der Waals surface area (Å²) in [5, 5.41) is 0.146. The lowest BCUT2D eigenvalue weighted by Crippen LogP contribution is -2.36. The molecule has 24 heavy (non-hydrogen) atoms. The molecule has 2 aliphatic rings. The zero-order valence-electron chi connectivity index (χ0n) is 12.7. The maximum Gasteiger partial charge on any atom is 0.326 e. The Hall–Kier alpha value is -2.21. The lowest BCUT2D eigenvalue weighted by atomic mass is 9.85. The van der Waals surface area contributed by atoms with Crippen LogP contribution in [-0.4, -0.2) is 29.2 Å². The van der Waals surface area contributed by atoms with E-state index in [9.17, 15) is 18.8 Å². The molecule has 1 aliphatic heterocycles. The number of ether oxygens (including phenoxy) is 1. The SMILES string of the molecule is O=C(CN1C(=O)C2CC=CCC2C1=O)OCc1ccc(F)cc1Cl. The summed E-state index contributed by atoms with van der Waals surface area (Å²) < 4.78 is 18.0. The second kappa shape index (κ2) is 6.73. The first-order chi connectivity index (χ1) is 11.5. The average Bonchev–Trinajstić information content (AvgIpc) is 2.79. The highest BCUT2D eigenvalue weighted by Gasteiger charge is 2.47. The second-order valence-electron chi connectivity index (χ2n) is 5.81. The summed E-state index contributed by atoms with van der Waals surface area (Å²) in [5.74, 6) is -2.59. The number of hydrogen-bond donors (Lipinski definition) is 0. The summed E-state index contributed by atoms with van der Waals surface area (Å²) in [4.78, 5) is 37.4. The Kier molecular flexibility index (Phi) is 4.66. The van der Waals surface area contributed by atoms with Gasteiger partial charge in [0.15, 0.2) is 0 Å². The highest BCUT2D eigenvalue weighted by molar-refractivity contribution is 6.31. The number of rotatable bonds is 4. The van der Waals surface area contributed by atoms with Gasteiger partial charge in [-0.05, 0) is 25.0 Å². The monoisotopic (exact) mass is 351 g/mol. The number of fused-ring (bicyclic) bond motifs is 1. The van der Waals surface area contributed by atoms with Crippen molar-refractivity contribution in [1.29, 1.82) is 0 Å². The molecule has 0 radical (unpaired) electrons. The molecule has 0 bridgehead atoms. The summed E-state index contributed by atoms with van der Waals surface area (Å²) in [5.41, 5.74) is 0.448. The maximum atomic E-state index is 13.0. The van der Waals surface area contributed by atoms with Crippen LogP contribution in [-0.2, 0) is 25.7 Å². The third-order valence-corrected chi connectivity index (χ3v) is 4.64. The normalized spacial score (nSPS) is 22.7. The van der Waals surface area contributed by atoms with Crippen LogP contribution in [0.3, 0.4) is 0 Å². The third-order valence-electron chi connectivity index (χ3n) is 4.29. The van der Waals surface area contributed by atoms with E-state index >= 15 is 0 Å². The zero-order valence-corrected chi connectivity index (χ0v) is 13.5. The number of hydrogen-bond acceptors (Lipinski definition) is 4. The molecule has 126 valence electrons. The van der Waals surface area contributed by atoms with E-state index in [1.54, 1.807) is 0 Å². The van der Waals surface area contributed by atoms with Gasteiger partial charge in [-0.1, -0.05) is 29.8 Å². The first kappa shape index (κ1) is 16.6. The number of carbonyl (C=O) groups is 3. The highest BCUT2D eigenvalue weighted by Crippen LogP contribution is 2.34. The van der Waals surface area contributed by atoms with Gasteiger partial charge < -0.3 is 4.74 Å². The minimum atomic E-state index is -0.705. The molecule has 2 atom stereocenters. The fraction of sp³-hybridized carbons (Fsp3) is 0.353. The van der Waals surface area contributed by atoms with Gasteiger partial charge in [0, 0.05) is 5.56 Å². The first-order valence-corrected chi connectivity index (χ1v) is 7.95. The molecule has 2 unspecified atom stereocenters. The van der Waals surface area contributed by atoms with Crippen molar-refractivity contribution in [3.63, 3.8) is 0 Å². The Morgan fingerprint density at radius 2 is 1.83 bits per heavy atom. The van der Waals surface area contributed by atoms with Crippen LogP contribution < -0.4 is 0 Å². The molecule has 2 amide bonds. The number of amides is 2. The Bertz CT molecular complexity index is 707. The molecule has 0 aromatic heterocycles. The van der Waals surface area contributed by atoms with Crippen molar-refractivity contribution in [3.05, 3.63) is 46.8 Å². The summed E-state index contributed by atoms with van der Waals surface area (Å²) in [6, 6.07) is 3.74. The Labute approximate surface area is 143 Å². The molecule has 1 heterocycles. The van der Waals surface area contributed by atoms with E-state index in [1.165, 1.54) is 12.1 Å². The molecule has 0 spiro atoms. The lowest BCUT2D eigenvalue weighted by molar-refractivity contribution is -0.153. The van der Waals surface area contributed by atoms with Crippen molar-refractivity contribution in [1.82, 2.24) is 4.90 Å². The van der Waals surface area contributed by atoms with Crippen molar-refractivity contribution in [2.75, 3.05) is 6.54 Å². The number of benzene rings is 1. The fourth-order valence-corrected chi connectivity index (χ4v) is 3.22.